The SMILES string of the molecule is COCC(=O)N1[C@@H](CO)[C@@H]2c3ccccc3N(C)C[C@@H]21. The molecule has 1 fully saturated rings. The fraction of sp³-hybridized carbons (Fsp3) is 0.533. The Kier molecular flexibility index (Phi) is 3.40. The van der Waals surface area contributed by atoms with Crippen LogP contribution in [-0.4, -0.2) is 61.9 Å². The maximum Gasteiger partial charge on any atom is 0.249 e. The summed E-state index contributed by atoms with van der Waals surface area (Å²) in [4.78, 5) is 16.1. The van der Waals surface area contributed by atoms with E-state index in [4.69, 9.17) is 4.74 Å². The quantitative estimate of drug-likeness (QED) is 0.870. The lowest BCUT2D eigenvalue weighted by Crippen LogP contribution is -2.70. The van der Waals surface area contributed by atoms with E-state index in [0.29, 0.717) is 0 Å². The minimum Gasteiger partial charge on any atom is -0.394 e. The Bertz CT molecular complexity index is 520. The van der Waals surface area contributed by atoms with Crippen LogP contribution in [0.5, 0.6) is 0 Å². The predicted octanol–water partition coefficient (Wildman–Crippen LogP) is 0.438. The zero-order valence-electron chi connectivity index (χ0n) is 11.8. The second-order valence-electron chi connectivity index (χ2n) is 5.52. The number of rotatable bonds is 3. The number of methoxy groups -OCH3 is 1. The van der Waals surface area contributed by atoms with Crippen molar-refractivity contribution in [2.45, 2.75) is 18.0 Å². The van der Waals surface area contributed by atoms with Crippen molar-refractivity contribution in [2.75, 3.05) is 38.8 Å². The summed E-state index contributed by atoms with van der Waals surface area (Å²) in [6, 6.07) is 8.25. The van der Waals surface area contributed by atoms with Gasteiger partial charge in [-0.05, 0) is 11.6 Å². The number of benzene rings is 1. The van der Waals surface area contributed by atoms with Crippen LogP contribution in [0.3, 0.4) is 0 Å². The summed E-state index contributed by atoms with van der Waals surface area (Å²) in [6.45, 7) is 0.868. The summed E-state index contributed by atoms with van der Waals surface area (Å²) in [5, 5.41) is 9.66. The highest BCUT2D eigenvalue weighted by atomic mass is 16.5. The molecule has 2 aliphatic rings. The minimum absolute atomic E-state index is 0.00529. The average Bonchev–Trinajstić information content (AvgIpc) is 2.42. The number of aliphatic hydroxyl groups excluding tert-OH is 1. The molecule has 0 saturated carbocycles. The van der Waals surface area contributed by atoms with Crippen molar-refractivity contribution in [1.82, 2.24) is 4.90 Å². The van der Waals surface area contributed by atoms with Crippen LogP contribution in [-0.2, 0) is 9.53 Å². The van der Waals surface area contributed by atoms with E-state index in [9.17, 15) is 9.90 Å². The van der Waals surface area contributed by atoms with Gasteiger partial charge in [-0.2, -0.15) is 0 Å². The van der Waals surface area contributed by atoms with Gasteiger partial charge in [0.1, 0.15) is 6.61 Å². The van der Waals surface area contributed by atoms with E-state index in [0.717, 1.165) is 6.54 Å². The van der Waals surface area contributed by atoms with Crippen LogP contribution >= 0.6 is 0 Å². The number of amides is 1. The van der Waals surface area contributed by atoms with Gasteiger partial charge in [0.05, 0.1) is 18.7 Å². The van der Waals surface area contributed by atoms with Crippen LogP contribution in [0.15, 0.2) is 24.3 Å². The standard InChI is InChI=1S/C15H20N2O3/c1-16-7-12-15(10-5-3-4-6-11(10)16)13(8-18)17(12)14(19)9-20-2/h3-6,12-13,15,18H,7-9H2,1-2H3/t12-,13-,15+/m0/s1. The Morgan fingerprint density at radius 2 is 2.20 bits per heavy atom. The topological polar surface area (TPSA) is 53.0 Å². The van der Waals surface area contributed by atoms with Gasteiger partial charge >= 0.3 is 0 Å². The van der Waals surface area contributed by atoms with Gasteiger partial charge in [0, 0.05) is 32.3 Å². The summed E-state index contributed by atoms with van der Waals surface area (Å²) in [6.07, 6.45) is 0. The third kappa shape index (κ3) is 1.81. The summed E-state index contributed by atoms with van der Waals surface area (Å²) < 4.78 is 4.94. The smallest absolute Gasteiger partial charge is 0.249 e. The molecule has 0 spiro atoms. The molecule has 5 nitrogen and oxygen atoms in total. The number of likely N-dealkylation sites (N-methyl/N-ethyl adjacent to an activating group) is 1. The first-order valence-electron chi connectivity index (χ1n) is 6.90. The Morgan fingerprint density at radius 3 is 2.90 bits per heavy atom. The van der Waals surface area contributed by atoms with E-state index >= 15 is 0 Å². The number of carbonyl (C=O) groups excluding carboxylic acids is 1. The first-order valence-corrected chi connectivity index (χ1v) is 6.90. The van der Waals surface area contributed by atoms with E-state index < -0.39 is 0 Å². The lowest BCUT2D eigenvalue weighted by atomic mass is 9.72. The van der Waals surface area contributed by atoms with Crippen LogP contribution in [0.2, 0.25) is 0 Å². The number of nitrogens with zero attached hydrogens (tertiary/aromatic N) is 2. The molecule has 1 aromatic rings. The first kappa shape index (κ1) is 13.4. The van der Waals surface area contributed by atoms with Gasteiger partial charge in [-0.1, -0.05) is 18.2 Å². The summed E-state index contributed by atoms with van der Waals surface area (Å²) in [5.74, 6) is 0.189. The Morgan fingerprint density at radius 1 is 1.45 bits per heavy atom. The van der Waals surface area contributed by atoms with Crippen molar-refractivity contribution < 1.29 is 14.6 Å². The van der Waals surface area contributed by atoms with Gasteiger partial charge in [-0.25, -0.2) is 0 Å². The van der Waals surface area contributed by atoms with Gasteiger partial charge in [0.15, 0.2) is 0 Å². The van der Waals surface area contributed by atoms with Gasteiger partial charge in [-0.15, -0.1) is 0 Å². The third-order valence-corrected chi connectivity index (χ3v) is 4.45. The van der Waals surface area contributed by atoms with E-state index in [1.807, 2.05) is 19.2 Å². The number of hydrogen-bond donors (Lipinski definition) is 1. The van der Waals surface area contributed by atoms with E-state index in [1.165, 1.54) is 18.4 Å². The van der Waals surface area contributed by atoms with Crippen LogP contribution < -0.4 is 4.90 Å². The van der Waals surface area contributed by atoms with Crippen LogP contribution in [0.4, 0.5) is 5.69 Å². The Labute approximate surface area is 118 Å². The van der Waals surface area contributed by atoms with Crippen LogP contribution in [0.1, 0.15) is 11.5 Å². The molecule has 1 saturated heterocycles. The van der Waals surface area contributed by atoms with Crippen molar-refractivity contribution in [1.29, 1.82) is 0 Å². The van der Waals surface area contributed by atoms with Crippen molar-refractivity contribution in [3.8, 4) is 0 Å². The maximum atomic E-state index is 12.1. The molecule has 0 bridgehead atoms. The molecule has 0 aliphatic carbocycles. The van der Waals surface area contributed by atoms with Crippen molar-refractivity contribution in [3.63, 3.8) is 0 Å². The minimum atomic E-state index is -0.127. The zero-order chi connectivity index (χ0) is 14.3. The lowest BCUT2D eigenvalue weighted by Gasteiger charge is -2.58. The summed E-state index contributed by atoms with van der Waals surface area (Å²) in [7, 11) is 3.56. The molecule has 2 heterocycles. The molecule has 1 aromatic carbocycles. The Balaban J connectivity index is 1.92. The van der Waals surface area contributed by atoms with Crippen molar-refractivity contribution in [3.05, 3.63) is 29.8 Å². The summed E-state index contributed by atoms with van der Waals surface area (Å²) in [5.41, 5.74) is 2.43. The predicted molar refractivity (Wildman–Crippen MR) is 75.8 cm³/mol. The number of likely N-dealkylation sites (tertiary alicyclic amines) is 1. The highest BCUT2D eigenvalue weighted by molar-refractivity contribution is 5.80. The molecule has 2 aliphatic heterocycles. The molecule has 108 valence electrons. The fourth-order valence-corrected chi connectivity index (χ4v) is 3.63. The highest BCUT2D eigenvalue weighted by Crippen LogP contribution is 2.47. The zero-order valence-corrected chi connectivity index (χ0v) is 11.8. The molecule has 3 rings (SSSR count). The van der Waals surface area contributed by atoms with E-state index in [-0.39, 0.29) is 37.1 Å². The number of ether oxygens (including phenoxy) is 1. The highest BCUT2D eigenvalue weighted by Gasteiger charge is 2.53. The Hall–Kier alpha value is -1.59. The molecule has 0 unspecified atom stereocenters. The number of aliphatic hydroxyl groups is 1. The fourth-order valence-electron chi connectivity index (χ4n) is 3.63. The van der Waals surface area contributed by atoms with Crippen molar-refractivity contribution >= 4 is 11.6 Å². The van der Waals surface area contributed by atoms with Gasteiger partial charge < -0.3 is 19.6 Å². The summed E-state index contributed by atoms with van der Waals surface area (Å²) >= 11 is 0. The number of para-hydroxylation sites is 1. The molecule has 0 aromatic heterocycles. The number of carbonyl (C=O) groups is 1. The molecule has 1 N–H and O–H groups in total. The second kappa shape index (κ2) is 5.07. The molecule has 3 atom stereocenters. The van der Waals surface area contributed by atoms with Gasteiger partial charge in [0.2, 0.25) is 5.91 Å². The first-order chi connectivity index (χ1) is 9.69. The average molecular weight is 276 g/mol. The maximum absolute atomic E-state index is 12.1. The third-order valence-electron chi connectivity index (χ3n) is 4.45. The lowest BCUT2D eigenvalue weighted by molar-refractivity contribution is -0.154. The normalized spacial score (nSPS) is 27.6. The monoisotopic (exact) mass is 276 g/mol. The molecular weight excluding hydrogens is 256 g/mol. The molecule has 0 radical (unpaired) electrons. The van der Waals surface area contributed by atoms with Gasteiger partial charge in [0.25, 0.3) is 0 Å². The van der Waals surface area contributed by atoms with Crippen molar-refractivity contribution in [2.24, 2.45) is 0 Å². The largest absolute Gasteiger partial charge is 0.394 e. The molecular formula is C15H20N2O3. The molecule has 1 amide bonds. The number of anilines is 1. The molecule has 5 heteroatoms. The van der Waals surface area contributed by atoms with Crippen LogP contribution in [0, 0.1) is 0 Å². The second-order valence-corrected chi connectivity index (χ2v) is 5.52. The van der Waals surface area contributed by atoms with E-state index in [1.54, 1.807) is 4.90 Å². The van der Waals surface area contributed by atoms with Gasteiger partial charge in [-0.3, -0.25) is 4.79 Å². The number of hydrogen-bond acceptors (Lipinski definition) is 4. The number of fused-ring (bicyclic) bond motifs is 3. The molecule has 20 heavy (non-hydrogen) atoms. The van der Waals surface area contributed by atoms with Crippen LogP contribution in [0.25, 0.3) is 0 Å². The van der Waals surface area contributed by atoms with E-state index in [2.05, 4.69) is 17.0 Å².